The maximum Gasteiger partial charge on any atom is 0.0554 e. The second kappa shape index (κ2) is 277. The van der Waals surface area contributed by atoms with Crippen LogP contribution in [0.15, 0.2) is 0 Å². The zero-order chi connectivity index (χ0) is 5.41. The third-order valence-electron chi connectivity index (χ3n) is 0. The Labute approximate surface area is 83.1 Å². The number of nitrogens with one attached hydrogen (secondary N) is 2. The molecular formula is C7H22N2S2. The van der Waals surface area contributed by atoms with Crippen LogP contribution in [-0.2, 0) is 0 Å². The SMILES string of the molecule is C.C.C.C.C.N=C=S.N=C=S. The summed E-state index contributed by atoms with van der Waals surface area (Å²) < 4.78 is 0. The summed E-state index contributed by atoms with van der Waals surface area (Å²) >= 11 is 7.62. The van der Waals surface area contributed by atoms with Crippen molar-refractivity contribution in [3.63, 3.8) is 0 Å². The molecule has 0 saturated carbocycles. The first-order valence-electron chi connectivity index (χ1n) is 0.908. The Morgan fingerprint density at radius 3 is 0.636 bits per heavy atom. The van der Waals surface area contributed by atoms with Crippen molar-refractivity contribution in [2.45, 2.75) is 37.1 Å². The maximum absolute atomic E-state index is 5.77. The summed E-state index contributed by atoms with van der Waals surface area (Å²) in [5, 5.41) is 14.7. The lowest BCUT2D eigenvalue weighted by Crippen LogP contribution is -1.03. The highest BCUT2D eigenvalue weighted by atomic mass is 32.1. The molecule has 2 nitrogen and oxygen atoms in total. The van der Waals surface area contributed by atoms with E-state index < -0.39 is 0 Å². The first kappa shape index (κ1) is 75.4. The minimum absolute atomic E-state index is 0. The molecule has 0 saturated heterocycles. The van der Waals surface area contributed by atoms with Gasteiger partial charge in [-0.3, -0.25) is 0 Å². The summed E-state index contributed by atoms with van der Waals surface area (Å²) in [5.41, 5.74) is 0. The second-order valence-electron chi connectivity index (χ2n) is 0.204. The van der Waals surface area contributed by atoms with E-state index in [1.165, 1.54) is 0 Å². The van der Waals surface area contributed by atoms with Crippen LogP contribution in [-0.4, -0.2) is 10.3 Å². The summed E-state index contributed by atoms with van der Waals surface area (Å²) in [4.78, 5) is 0. The highest BCUT2D eigenvalue weighted by molar-refractivity contribution is 7.78. The highest BCUT2D eigenvalue weighted by Gasteiger charge is 0.978. The van der Waals surface area contributed by atoms with E-state index in [4.69, 9.17) is 10.8 Å². The van der Waals surface area contributed by atoms with Gasteiger partial charge in [0.15, 0.2) is 0 Å². The Hall–Kier alpha value is -0.400. The zero-order valence-electron chi connectivity index (χ0n) is 2.82. The van der Waals surface area contributed by atoms with E-state index in [2.05, 4.69) is 24.4 Å². The molecule has 0 aromatic carbocycles. The zero-order valence-corrected chi connectivity index (χ0v) is 4.45. The van der Waals surface area contributed by atoms with Crippen LogP contribution in [0, 0.1) is 10.8 Å². The van der Waals surface area contributed by atoms with Crippen LogP contribution in [0.5, 0.6) is 0 Å². The first-order valence-corrected chi connectivity index (χ1v) is 1.72. The summed E-state index contributed by atoms with van der Waals surface area (Å²) in [6, 6.07) is 0. The number of hydrogen-bond acceptors (Lipinski definition) is 4. The second-order valence-corrected chi connectivity index (χ2v) is 0.612. The molecule has 0 radical (unpaired) electrons. The van der Waals surface area contributed by atoms with Gasteiger partial charge in [-0.15, -0.1) is 0 Å². The van der Waals surface area contributed by atoms with E-state index in [0.717, 1.165) is 0 Å². The van der Waals surface area contributed by atoms with Gasteiger partial charge >= 0.3 is 0 Å². The molecule has 0 heterocycles. The smallest absolute Gasteiger partial charge is 0.0554 e. The predicted molar refractivity (Wildman–Crippen MR) is 64.3 cm³/mol. The number of rotatable bonds is 0. The quantitative estimate of drug-likeness (QED) is 0.444. The van der Waals surface area contributed by atoms with Gasteiger partial charge in [0.2, 0.25) is 0 Å². The van der Waals surface area contributed by atoms with E-state index in [1.807, 2.05) is 0 Å². The molecular weight excluding hydrogens is 176 g/mol. The standard InChI is InChI=1S/2CHNS.5CH4/c2*2-1-3;;;;;/h2*2H;5*1H4. The van der Waals surface area contributed by atoms with Gasteiger partial charge in [0.1, 0.15) is 0 Å². The molecule has 0 aromatic heterocycles. The fourth-order valence-corrected chi connectivity index (χ4v) is 0. The molecule has 0 rings (SSSR count). The molecule has 0 fully saturated rings. The van der Waals surface area contributed by atoms with E-state index in [9.17, 15) is 0 Å². The lowest BCUT2D eigenvalue weighted by Gasteiger charge is -1.05. The molecule has 0 bridgehead atoms. The van der Waals surface area contributed by atoms with Gasteiger partial charge in [-0.1, -0.05) is 37.1 Å². The van der Waals surface area contributed by atoms with Gasteiger partial charge in [-0.05, 0) is 24.4 Å². The van der Waals surface area contributed by atoms with E-state index in [0.29, 0.717) is 0 Å². The Bertz CT molecular complexity index is 68.4. The van der Waals surface area contributed by atoms with Crippen LogP contribution in [0.1, 0.15) is 37.1 Å². The highest BCUT2D eigenvalue weighted by Crippen LogP contribution is 1.16. The molecule has 0 aliphatic rings. The van der Waals surface area contributed by atoms with Crippen molar-refractivity contribution in [1.29, 1.82) is 10.8 Å². The van der Waals surface area contributed by atoms with Crippen molar-refractivity contribution in [2.75, 3.05) is 0 Å². The summed E-state index contributed by atoms with van der Waals surface area (Å²) in [6.45, 7) is 0. The molecule has 0 aliphatic carbocycles. The summed E-state index contributed by atoms with van der Waals surface area (Å²) in [5.74, 6) is 0. The van der Waals surface area contributed by atoms with Crippen LogP contribution in [0.25, 0.3) is 0 Å². The molecule has 11 heavy (non-hydrogen) atoms. The molecule has 2 N–H and O–H groups in total. The van der Waals surface area contributed by atoms with Crippen molar-refractivity contribution in [1.82, 2.24) is 0 Å². The molecule has 0 spiro atoms. The number of isothiocyanates is 2. The average molecular weight is 198 g/mol. The normalized spacial score (nSPS) is 1.45. The fourth-order valence-electron chi connectivity index (χ4n) is 0. The molecule has 4 heteroatoms. The average Bonchev–Trinajstić information content (AvgIpc) is 1.39. The van der Waals surface area contributed by atoms with Gasteiger partial charge < -0.3 is 0 Å². The van der Waals surface area contributed by atoms with Gasteiger partial charge in [0.05, 0.1) is 10.3 Å². The van der Waals surface area contributed by atoms with Crippen LogP contribution in [0.2, 0.25) is 0 Å². The van der Waals surface area contributed by atoms with Crippen molar-refractivity contribution < 1.29 is 0 Å². The Kier molecular flexibility index (Phi) is 1900. The van der Waals surface area contributed by atoms with Gasteiger partial charge in [-0.25, -0.2) is 10.8 Å². The van der Waals surface area contributed by atoms with Gasteiger partial charge in [-0.2, -0.15) is 0 Å². The monoisotopic (exact) mass is 198 g/mol. The summed E-state index contributed by atoms with van der Waals surface area (Å²) in [7, 11) is 0. The van der Waals surface area contributed by atoms with Crippen molar-refractivity contribution in [3.8, 4) is 0 Å². The number of hydrogen-bond donors (Lipinski definition) is 2. The fraction of sp³-hybridized carbons (Fsp3) is 0.714. The lowest BCUT2D eigenvalue weighted by molar-refractivity contribution is 1.61. The van der Waals surface area contributed by atoms with E-state index in [-0.39, 0.29) is 37.1 Å². The number of thiocarbonyl (C=S) groups is 2. The van der Waals surface area contributed by atoms with Crippen molar-refractivity contribution >= 4 is 34.8 Å². The molecule has 0 unspecified atom stereocenters. The summed E-state index contributed by atoms with van der Waals surface area (Å²) in [6.07, 6.45) is 0. The Morgan fingerprint density at radius 2 is 0.636 bits per heavy atom. The van der Waals surface area contributed by atoms with Crippen molar-refractivity contribution in [3.05, 3.63) is 0 Å². The minimum Gasteiger partial charge on any atom is -0.248 e. The minimum atomic E-state index is 0. The topological polar surface area (TPSA) is 47.7 Å². The van der Waals surface area contributed by atoms with E-state index in [1.54, 1.807) is 10.3 Å². The molecule has 72 valence electrons. The van der Waals surface area contributed by atoms with Crippen LogP contribution < -0.4 is 0 Å². The third kappa shape index (κ3) is 3470. The molecule has 0 aliphatic heterocycles. The van der Waals surface area contributed by atoms with Gasteiger partial charge in [0.25, 0.3) is 0 Å². The largest absolute Gasteiger partial charge is 0.248 e. The third-order valence-corrected chi connectivity index (χ3v) is 0. The van der Waals surface area contributed by atoms with Gasteiger partial charge in [0, 0.05) is 0 Å². The van der Waals surface area contributed by atoms with Crippen molar-refractivity contribution in [2.24, 2.45) is 0 Å². The van der Waals surface area contributed by atoms with Crippen LogP contribution >= 0.6 is 24.4 Å². The predicted octanol–water partition coefficient (Wildman–Crippen LogP) is 4.52. The van der Waals surface area contributed by atoms with Crippen LogP contribution in [0.4, 0.5) is 0 Å². The lowest BCUT2D eigenvalue weighted by atomic mass is 11.8. The van der Waals surface area contributed by atoms with Crippen LogP contribution in [0.3, 0.4) is 0 Å². The maximum atomic E-state index is 5.77. The molecule has 0 aromatic rings. The first-order chi connectivity index (χ1) is 2.83. The molecule has 0 amide bonds. The Morgan fingerprint density at radius 1 is 0.636 bits per heavy atom. The van der Waals surface area contributed by atoms with E-state index >= 15 is 0 Å². The Balaban J connectivity index is -0.00000000400. The molecule has 0 atom stereocenters.